The number of aryl methyl sites for hydroxylation is 1. The van der Waals surface area contributed by atoms with E-state index in [1.165, 1.54) is 6.07 Å². The van der Waals surface area contributed by atoms with Gasteiger partial charge in [0.2, 0.25) is 0 Å². The quantitative estimate of drug-likeness (QED) is 0.852. The van der Waals surface area contributed by atoms with E-state index in [1.807, 2.05) is 0 Å². The number of nitrogens with zero attached hydrogens (tertiary/aromatic N) is 1. The lowest BCUT2D eigenvalue weighted by Gasteiger charge is -2.10. The van der Waals surface area contributed by atoms with Crippen molar-refractivity contribution in [2.75, 3.05) is 4.72 Å². The monoisotopic (exact) mass is 362 g/mol. The average Bonchev–Trinajstić information content (AvgIpc) is 2.31. The molecule has 0 saturated heterocycles. The molecule has 0 aliphatic rings. The Morgan fingerprint density at radius 2 is 1.75 bits per heavy atom. The van der Waals surface area contributed by atoms with Gasteiger partial charge in [0.25, 0.3) is 10.0 Å². The first-order valence-electron chi connectivity index (χ1n) is 5.40. The molecule has 0 bridgehead atoms. The highest BCUT2D eigenvalue weighted by Gasteiger charge is 2.17. The number of benzene rings is 1. The van der Waals surface area contributed by atoms with Crippen LogP contribution in [0.15, 0.2) is 39.8 Å². The third-order valence-electron chi connectivity index (χ3n) is 2.44. The van der Waals surface area contributed by atoms with E-state index in [0.717, 1.165) is 12.1 Å². The molecule has 0 amide bonds. The zero-order chi connectivity index (χ0) is 14.9. The molecule has 1 N–H and O–H groups in total. The van der Waals surface area contributed by atoms with Gasteiger partial charge in [-0.05, 0) is 47.1 Å². The largest absolute Gasteiger partial charge is 0.278 e. The van der Waals surface area contributed by atoms with Crippen molar-refractivity contribution in [3.05, 3.63) is 52.3 Å². The predicted octanol–water partition coefficient (Wildman–Crippen LogP) is 3.23. The highest BCUT2D eigenvalue weighted by atomic mass is 79.9. The SMILES string of the molecule is Cc1nc(Br)ccc1NS(=O)(=O)c1cc(F)cc(F)c1. The number of anilines is 1. The zero-order valence-electron chi connectivity index (χ0n) is 10.2. The fraction of sp³-hybridized carbons (Fsp3) is 0.0833. The summed E-state index contributed by atoms with van der Waals surface area (Å²) in [6.45, 7) is 1.61. The molecule has 0 aliphatic carbocycles. The van der Waals surface area contributed by atoms with E-state index in [2.05, 4.69) is 25.6 Å². The lowest BCUT2D eigenvalue weighted by molar-refractivity contribution is 0.568. The maximum absolute atomic E-state index is 13.1. The number of hydrogen-bond acceptors (Lipinski definition) is 3. The Kier molecular flexibility index (Phi) is 4.05. The van der Waals surface area contributed by atoms with Gasteiger partial charge in [0.1, 0.15) is 16.2 Å². The summed E-state index contributed by atoms with van der Waals surface area (Å²) in [6, 6.07) is 5.14. The second-order valence-electron chi connectivity index (χ2n) is 3.98. The van der Waals surface area contributed by atoms with Crippen molar-refractivity contribution in [2.24, 2.45) is 0 Å². The Bertz CT molecular complexity index is 746. The van der Waals surface area contributed by atoms with Crippen molar-refractivity contribution in [2.45, 2.75) is 11.8 Å². The van der Waals surface area contributed by atoms with Crippen LogP contribution in [0.1, 0.15) is 5.69 Å². The molecule has 0 aliphatic heterocycles. The molecule has 2 aromatic rings. The van der Waals surface area contributed by atoms with Crippen molar-refractivity contribution in [1.82, 2.24) is 4.98 Å². The number of nitrogens with one attached hydrogen (secondary N) is 1. The topological polar surface area (TPSA) is 59.1 Å². The number of sulfonamides is 1. The zero-order valence-corrected chi connectivity index (χ0v) is 12.6. The van der Waals surface area contributed by atoms with Gasteiger partial charge in [-0.15, -0.1) is 0 Å². The van der Waals surface area contributed by atoms with Gasteiger partial charge in [-0.25, -0.2) is 22.2 Å². The summed E-state index contributed by atoms with van der Waals surface area (Å²) in [5.41, 5.74) is 0.665. The van der Waals surface area contributed by atoms with E-state index < -0.39 is 26.6 Å². The second kappa shape index (κ2) is 5.45. The van der Waals surface area contributed by atoms with E-state index in [0.29, 0.717) is 16.4 Å². The van der Waals surface area contributed by atoms with Gasteiger partial charge in [-0.1, -0.05) is 0 Å². The summed E-state index contributed by atoms with van der Waals surface area (Å²) in [5.74, 6) is -1.92. The van der Waals surface area contributed by atoms with Gasteiger partial charge in [0, 0.05) is 6.07 Å². The molecule has 8 heteroatoms. The Balaban J connectivity index is 2.40. The summed E-state index contributed by atoms with van der Waals surface area (Å²) >= 11 is 3.15. The van der Waals surface area contributed by atoms with Gasteiger partial charge in [-0.3, -0.25) is 4.72 Å². The molecule has 4 nitrogen and oxygen atoms in total. The molecule has 106 valence electrons. The van der Waals surface area contributed by atoms with E-state index in [9.17, 15) is 17.2 Å². The average molecular weight is 363 g/mol. The predicted molar refractivity (Wildman–Crippen MR) is 73.8 cm³/mol. The van der Waals surface area contributed by atoms with Crippen LogP contribution in [0.3, 0.4) is 0 Å². The summed E-state index contributed by atoms with van der Waals surface area (Å²) in [6.07, 6.45) is 0. The number of pyridine rings is 1. The first-order chi connectivity index (χ1) is 9.28. The molecule has 0 spiro atoms. The molecule has 20 heavy (non-hydrogen) atoms. The maximum Gasteiger partial charge on any atom is 0.262 e. The van der Waals surface area contributed by atoms with Crippen LogP contribution in [0, 0.1) is 18.6 Å². The van der Waals surface area contributed by atoms with Crippen LogP contribution in [-0.4, -0.2) is 13.4 Å². The van der Waals surface area contributed by atoms with Crippen molar-refractivity contribution in [3.8, 4) is 0 Å². The number of rotatable bonds is 3. The highest BCUT2D eigenvalue weighted by Crippen LogP contribution is 2.21. The lowest BCUT2D eigenvalue weighted by atomic mass is 10.3. The van der Waals surface area contributed by atoms with Crippen molar-refractivity contribution < 1.29 is 17.2 Å². The summed E-state index contributed by atoms with van der Waals surface area (Å²) < 4.78 is 53.1. The minimum atomic E-state index is -4.08. The fourth-order valence-electron chi connectivity index (χ4n) is 1.53. The van der Waals surface area contributed by atoms with Gasteiger partial charge in [-0.2, -0.15) is 0 Å². The second-order valence-corrected chi connectivity index (χ2v) is 6.47. The van der Waals surface area contributed by atoms with E-state index in [4.69, 9.17) is 0 Å². The Morgan fingerprint density at radius 3 is 2.30 bits per heavy atom. The Hall–Kier alpha value is -1.54. The number of hydrogen-bond donors (Lipinski definition) is 1. The van der Waals surface area contributed by atoms with Gasteiger partial charge >= 0.3 is 0 Å². The highest BCUT2D eigenvalue weighted by molar-refractivity contribution is 9.10. The van der Waals surface area contributed by atoms with Gasteiger partial charge < -0.3 is 0 Å². The number of halogens is 3. The van der Waals surface area contributed by atoms with Crippen LogP contribution in [0.5, 0.6) is 0 Å². The molecule has 0 fully saturated rings. The summed E-state index contributed by atoms with van der Waals surface area (Å²) in [5, 5.41) is 0. The van der Waals surface area contributed by atoms with Crippen LogP contribution in [0.4, 0.5) is 14.5 Å². The maximum atomic E-state index is 13.1. The van der Waals surface area contributed by atoms with Crippen molar-refractivity contribution >= 4 is 31.6 Å². The fourth-order valence-corrected chi connectivity index (χ4v) is 3.08. The minimum Gasteiger partial charge on any atom is -0.278 e. The minimum absolute atomic E-state index is 0.234. The molecule has 2 rings (SSSR count). The molecule has 1 aromatic heterocycles. The molecule has 1 aromatic carbocycles. The first kappa shape index (κ1) is 14.9. The molecule has 0 saturated carbocycles. The normalized spacial score (nSPS) is 11.4. The van der Waals surface area contributed by atoms with E-state index in [1.54, 1.807) is 13.0 Å². The van der Waals surface area contributed by atoms with Crippen LogP contribution >= 0.6 is 15.9 Å². The van der Waals surface area contributed by atoms with Crippen molar-refractivity contribution in [3.63, 3.8) is 0 Å². The van der Waals surface area contributed by atoms with Crippen molar-refractivity contribution in [1.29, 1.82) is 0 Å². The molecule has 0 unspecified atom stereocenters. The lowest BCUT2D eigenvalue weighted by Crippen LogP contribution is -2.14. The standard InChI is InChI=1S/C12H9BrF2N2O2S/c1-7-11(2-3-12(13)16-7)17-20(18,19)10-5-8(14)4-9(15)6-10/h2-6,17H,1H3. The Morgan fingerprint density at radius 1 is 1.15 bits per heavy atom. The van der Waals surface area contributed by atoms with E-state index in [-0.39, 0.29) is 5.69 Å². The smallest absolute Gasteiger partial charge is 0.262 e. The molecule has 1 heterocycles. The first-order valence-corrected chi connectivity index (χ1v) is 7.67. The van der Waals surface area contributed by atoms with Crippen LogP contribution < -0.4 is 4.72 Å². The third-order valence-corrected chi connectivity index (χ3v) is 4.23. The molecule has 0 atom stereocenters. The van der Waals surface area contributed by atoms with Gasteiger partial charge in [0.15, 0.2) is 0 Å². The molecular weight excluding hydrogens is 354 g/mol. The van der Waals surface area contributed by atoms with E-state index >= 15 is 0 Å². The van der Waals surface area contributed by atoms with Crippen LogP contribution in [0.25, 0.3) is 0 Å². The third kappa shape index (κ3) is 3.31. The molecule has 0 radical (unpaired) electrons. The Labute approximate surface area is 123 Å². The van der Waals surface area contributed by atoms with Crippen LogP contribution in [-0.2, 0) is 10.0 Å². The molecular formula is C12H9BrF2N2O2S. The van der Waals surface area contributed by atoms with Gasteiger partial charge in [0.05, 0.1) is 16.3 Å². The summed E-state index contributed by atoms with van der Waals surface area (Å²) in [4.78, 5) is 3.54. The summed E-state index contributed by atoms with van der Waals surface area (Å²) in [7, 11) is -4.08. The van der Waals surface area contributed by atoms with Crippen LogP contribution in [0.2, 0.25) is 0 Å². The number of aromatic nitrogens is 1.